The molecule has 1 aliphatic rings. The van der Waals surface area contributed by atoms with Gasteiger partial charge in [-0.3, -0.25) is 0 Å². The smallest absolute Gasteiger partial charge is 0.122 e. The predicted molar refractivity (Wildman–Crippen MR) is 103 cm³/mol. The lowest BCUT2D eigenvalue weighted by atomic mass is 9.68. The van der Waals surface area contributed by atoms with Crippen LogP contribution in [0, 0.1) is 0 Å². The van der Waals surface area contributed by atoms with E-state index in [1.165, 1.54) is 11.1 Å². The molecule has 4 heteroatoms. The highest BCUT2D eigenvalue weighted by Gasteiger charge is 2.45. The number of likely N-dealkylation sites (tertiary alicyclic amines) is 1. The molecule has 3 rings (SSSR count). The summed E-state index contributed by atoms with van der Waals surface area (Å²) in [5, 5.41) is 10.6. The highest BCUT2D eigenvalue weighted by Crippen LogP contribution is 2.44. The maximum Gasteiger partial charge on any atom is 0.122 e. The molecule has 0 bridgehead atoms. The molecule has 0 unspecified atom stereocenters. The van der Waals surface area contributed by atoms with E-state index in [4.69, 9.17) is 4.74 Å². The van der Waals surface area contributed by atoms with E-state index in [0.717, 1.165) is 37.8 Å². The van der Waals surface area contributed by atoms with E-state index >= 15 is 0 Å². The Labute approximate surface area is 155 Å². The van der Waals surface area contributed by atoms with Crippen molar-refractivity contribution in [2.45, 2.75) is 24.7 Å². The van der Waals surface area contributed by atoms with Gasteiger partial charge in [-0.15, -0.1) is 0 Å². The highest BCUT2D eigenvalue weighted by molar-refractivity contribution is 5.51. The van der Waals surface area contributed by atoms with Gasteiger partial charge < -0.3 is 19.5 Å². The minimum absolute atomic E-state index is 0.142. The van der Waals surface area contributed by atoms with Gasteiger partial charge >= 0.3 is 0 Å². The number of hydrogen-bond acceptors (Lipinski definition) is 4. The second-order valence-electron chi connectivity index (χ2n) is 7.14. The van der Waals surface area contributed by atoms with Crippen LogP contribution in [0.5, 0.6) is 5.75 Å². The van der Waals surface area contributed by atoms with E-state index in [0.29, 0.717) is 25.4 Å². The molecular weight excluding hydrogens is 326 g/mol. The first-order valence-electron chi connectivity index (χ1n) is 9.23. The minimum Gasteiger partial charge on any atom is -0.508 e. The van der Waals surface area contributed by atoms with Crippen molar-refractivity contribution in [1.29, 1.82) is 0 Å². The van der Waals surface area contributed by atoms with Gasteiger partial charge in [-0.25, -0.2) is 0 Å². The molecule has 0 atom stereocenters. The summed E-state index contributed by atoms with van der Waals surface area (Å²) in [7, 11) is 2.11. The number of likely N-dealkylation sites (N-methyl/N-ethyl adjacent to an activating group) is 1. The van der Waals surface area contributed by atoms with Crippen molar-refractivity contribution in [1.82, 2.24) is 4.90 Å². The summed E-state index contributed by atoms with van der Waals surface area (Å²) >= 11 is 0. The number of rotatable bonds is 9. The molecule has 2 aromatic carbocycles. The Morgan fingerprint density at radius 2 is 1.92 bits per heavy atom. The van der Waals surface area contributed by atoms with Crippen LogP contribution in [0.25, 0.3) is 0 Å². The number of benzene rings is 2. The Kier molecular flexibility index (Phi) is 6.07. The molecule has 1 aliphatic heterocycles. The Morgan fingerprint density at radius 1 is 1.15 bits per heavy atom. The number of phenols is 1. The summed E-state index contributed by atoms with van der Waals surface area (Å²) in [5.74, 6) is 0.368. The molecule has 0 aliphatic carbocycles. The number of hydrogen-bond donors (Lipinski definition) is 1. The monoisotopic (exact) mass is 353 g/mol. The van der Waals surface area contributed by atoms with Crippen LogP contribution in [0.15, 0.2) is 48.5 Å². The van der Waals surface area contributed by atoms with Gasteiger partial charge in [0.05, 0.1) is 6.61 Å². The number of carbonyl (C=O) groups is 1. The molecular formula is C22H27NO3. The summed E-state index contributed by atoms with van der Waals surface area (Å²) in [5.41, 5.74) is 3.34. The molecule has 4 nitrogen and oxygen atoms in total. The second-order valence-corrected chi connectivity index (χ2v) is 7.14. The van der Waals surface area contributed by atoms with Crippen LogP contribution in [-0.2, 0) is 21.4 Å². The third kappa shape index (κ3) is 3.97. The Morgan fingerprint density at radius 3 is 2.62 bits per heavy atom. The average molecular weight is 353 g/mol. The van der Waals surface area contributed by atoms with Crippen LogP contribution in [0.3, 0.4) is 0 Å². The molecule has 1 N–H and O–H groups in total. The molecule has 1 heterocycles. The zero-order chi connectivity index (χ0) is 18.4. The maximum absolute atomic E-state index is 10.6. The first-order chi connectivity index (χ1) is 12.7. The van der Waals surface area contributed by atoms with Crippen molar-refractivity contribution in [2.75, 3.05) is 33.4 Å². The number of ether oxygens (including phenoxy) is 1. The van der Waals surface area contributed by atoms with E-state index in [1.807, 2.05) is 18.2 Å². The van der Waals surface area contributed by atoms with E-state index in [9.17, 15) is 9.90 Å². The van der Waals surface area contributed by atoms with Crippen molar-refractivity contribution in [3.8, 4) is 5.75 Å². The topological polar surface area (TPSA) is 49.8 Å². The zero-order valence-corrected chi connectivity index (χ0v) is 15.4. The fourth-order valence-electron chi connectivity index (χ4n) is 3.87. The molecule has 0 amide bonds. The van der Waals surface area contributed by atoms with Gasteiger partial charge in [-0.1, -0.05) is 42.5 Å². The number of carbonyl (C=O) groups excluding carboxylic acids is 1. The van der Waals surface area contributed by atoms with E-state index in [2.05, 4.69) is 42.3 Å². The lowest BCUT2D eigenvalue weighted by Gasteiger charge is -2.49. The number of aldehydes is 1. The van der Waals surface area contributed by atoms with Crippen LogP contribution >= 0.6 is 0 Å². The van der Waals surface area contributed by atoms with Crippen molar-refractivity contribution < 1.29 is 14.6 Å². The first kappa shape index (κ1) is 18.6. The van der Waals surface area contributed by atoms with Crippen molar-refractivity contribution >= 4 is 6.29 Å². The van der Waals surface area contributed by atoms with Crippen LogP contribution in [0.2, 0.25) is 0 Å². The van der Waals surface area contributed by atoms with Crippen LogP contribution < -0.4 is 0 Å². The number of aromatic hydroxyl groups is 1. The van der Waals surface area contributed by atoms with Gasteiger partial charge in [0, 0.05) is 37.1 Å². The van der Waals surface area contributed by atoms with E-state index in [-0.39, 0.29) is 5.41 Å². The summed E-state index contributed by atoms with van der Waals surface area (Å²) in [6.45, 7) is 2.95. The van der Waals surface area contributed by atoms with Crippen molar-refractivity contribution in [3.05, 3.63) is 65.2 Å². The van der Waals surface area contributed by atoms with Gasteiger partial charge in [0.1, 0.15) is 12.0 Å². The van der Waals surface area contributed by atoms with Gasteiger partial charge in [-0.2, -0.15) is 0 Å². The molecule has 26 heavy (non-hydrogen) atoms. The lowest BCUT2D eigenvalue weighted by Crippen LogP contribution is -2.58. The van der Waals surface area contributed by atoms with Crippen LogP contribution in [-0.4, -0.2) is 49.6 Å². The van der Waals surface area contributed by atoms with Crippen molar-refractivity contribution in [3.63, 3.8) is 0 Å². The largest absolute Gasteiger partial charge is 0.508 e. The third-order valence-electron chi connectivity index (χ3n) is 5.12. The Balaban J connectivity index is 1.75. The quantitative estimate of drug-likeness (QED) is 0.556. The van der Waals surface area contributed by atoms with E-state index < -0.39 is 0 Å². The summed E-state index contributed by atoms with van der Waals surface area (Å²) < 4.78 is 5.45. The molecule has 0 aromatic heterocycles. The van der Waals surface area contributed by atoms with Gasteiger partial charge in [0.15, 0.2) is 0 Å². The van der Waals surface area contributed by atoms with Gasteiger partial charge in [0.2, 0.25) is 0 Å². The first-order valence-corrected chi connectivity index (χ1v) is 9.23. The van der Waals surface area contributed by atoms with Crippen molar-refractivity contribution in [2.24, 2.45) is 0 Å². The predicted octanol–water partition coefficient (Wildman–Crippen LogP) is 3.16. The average Bonchev–Trinajstić information content (AvgIpc) is 2.64. The maximum atomic E-state index is 10.6. The molecule has 138 valence electrons. The molecule has 0 saturated carbocycles. The fraction of sp³-hybridized carbons (Fsp3) is 0.409. The lowest BCUT2D eigenvalue weighted by molar-refractivity contribution is -0.108. The normalized spacial score (nSPS) is 16.2. The summed E-state index contributed by atoms with van der Waals surface area (Å²) in [6.07, 6.45) is 3.14. The van der Waals surface area contributed by atoms with Gasteiger partial charge in [-0.05, 0) is 37.1 Å². The third-order valence-corrected chi connectivity index (χ3v) is 5.12. The van der Waals surface area contributed by atoms with Crippen LogP contribution in [0.4, 0.5) is 0 Å². The fourth-order valence-corrected chi connectivity index (χ4v) is 3.87. The molecule has 0 spiro atoms. The molecule has 2 aromatic rings. The van der Waals surface area contributed by atoms with Crippen LogP contribution in [0.1, 0.15) is 29.5 Å². The molecule has 0 radical (unpaired) electrons. The SMILES string of the molecule is CN1CC(c2ccccc2)(c2cc(CCCOCCC=O)ccc2O)C1. The van der Waals surface area contributed by atoms with E-state index in [1.54, 1.807) is 0 Å². The zero-order valence-electron chi connectivity index (χ0n) is 15.4. The number of nitrogens with zero attached hydrogens (tertiary/aromatic N) is 1. The Bertz CT molecular complexity index is 723. The summed E-state index contributed by atoms with van der Waals surface area (Å²) in [6, 6.07) is 16.4. The highest BCUT2D eigenvalue weighted by atomic mass is 16.5. The van der Waals surface area contributed by atoms with Gasteiger partial charge in [0.25, 0.3) is 0 Å². The molecule has 1 saturated heterocycles. The molecule has 1 fully saturated rings. The number of phenolic OH excluding ortho intramolecular Hbond substituents is 1. The number of aryl methyl sites for hydroxylation is 1. The minimum atomic E-state index is -0.142. The standard InChI is InChI=1S/C22H27NO3/c1-23-16-22(17-23,19-8-3-2-4-9-19)20-15-18(10-11-21(20)25)7-5-13-26-14-6-12-24/h2-4,8-12,15,25H,5-7,13-14,16-17H2,1H3. The summed E-state index contributed by atoms with van der Waals surface area (Å²) in [4.78, 5) is 12.6. The second kappa shape index (κ2) is 8.47. The Hall–Kier alpha value is -2.17.